The SMILES string of the molecule is C=CCOc1ccc(CN(C)S(=O)(=O)CBr)cc1. The molecule has 0 atom stereocenters. The Morgan fingerprint density at radius 1 is 1.39 bits per heavy atom. The van der Waals surface area contributed by atoms with Crippen LogP contribution in [0.15, 0.2) is 36.9 Å². The minimum Gasteiger partial charge on any atom is -0.490 e. The fraction of sp³-hybridized carbons (Fsp3) is 0.333. The Labute approximate surface area is 116 Å². The van der Waals surface area contributed by atoms with Gasteiger partial charge in [0.2, 0.25) is 10.0 Å². The first-order chi connectivity index (χ1) is 8.49. The van der Waals surface area contributed by atoms with Gasteiger partial charge in [0.05, 0.1) is 0 Å². The standard InChI is InChI=1S/C12H16BrNO3S/c1-3-8-17-12-6-4-11(5-7-12)9-14(2)18(15,16)10-13/h3-7H,1,8-10H2,2H3. The summed E-state index contributed by atoms with van der Waals surface area (Å²) in [5.41, 5.74) is 0.910. The Kier molecular flexibility index (Phi) is 5.84. The summed E-state index contributed by atoms with van der Waals surface area (Å²) in [7, 11) is -1.66. The van der Waals surface area contributed by atoms with E-state index in [1.54, 1.807) is 13.1 Å². The predicted octanol–water partition coefficient (Wildman–Crippen LogP) is 2.37. The summed E-state index contributed by atoms with van der Waals surface area (Å²) in [5.74, 6) is 0.740. The molecule has 0 heterocycles. The Morgan fingerprint density at radius 2 is 2.00 bits per heavy atom. The molecule has 1 aromatic rings. The lowest BCUT2D eigenvalue weighted by Crippen LogP contribution is -2.26. The van der Waals surface area contributed by atoms with Crippen molar-refractivity contribution >= 4 is 26.0 Å². The Hall–Kier alpha value is -0.850. The van der Waals surface area contributed by atoms with E-state index < -0.39 is 10.0 Å². The summed E-state index contributed by atoms with van der Waals surface area (Å²) in [4.78, 5) is 0. The van der Waals surface area contributed by atoms with Crippen molar-refractivity contribution in [1.29, 1.82) is 0 Å². The summed E-state index contributed by atoms with van der Waals surface area (Å²) < 4.78 is 29.7. The average molecular weight is 334 g/mol. The lowest BCUT2D eigenvalue weighted by molar-refractivity contribution is 0.363. The summed E-state index contributed by atoms with van der Waals surface area (Å²) in [5, 5.41) is 0. The highest BCUT2D eigenvalue weighted by atomic mass is 79.9. The largest absolute Gasteiger partial charge is 0.490 e. The Morgan fingerprint density at radius 3 is 2.50 bits per heavy atom. The molecule has 0 fully saturated rings. The van der Waals surface area contributed by atoms with Gasteiger partial charge in [0.15, 0.2) is 0 Å². The van der Waals surface area contributed by atoms with Crippen LogP contribution in [0.5, 0.6) is 5.75 Å². The molecule has 0 saturated heterocycles. The van der Waals surface area contributed by atoms with E-state index in [1.807, 2.05) is 24.3 Å². The van der Waals surface area contributed by atoms with Crippen LogP contribution in [0, 0.1) is 0 Å². The van der Waals surface area contributed by atoms with Gasteiger partial charge in [-0.2, -0.15) is 4.31 Å². The van der Waals surface area contributed by atoms with Crippen molar-refractivity contribution in [1.82, 2.24) is 4.31 Å². The third-order valence-electron chi connectivity index (χ3n) is 2.31. The summed E-state index contributed by atoms with van der Waals surface area (Å²) >= 11 is 2.97. The van der Waals surface area contributed by atoms with E-state index in [4.69, 9.17) is 4.74 Å². The number of halogens is 1. The van der Waals surface area contributed by atoms with Gasteiger partial charge in [0, 0.05) is 13.6 Å². The summed E-state index contributed by atoms with van der Waals surface area (Å²) in [6, 6.07) is 7.32. The third-order valence-corrected chi connectivity index (χ3v) is 5.40. The summed E-state index contributed by atoms with van der Waals surface area (Å²) in [6.07, 6.45) is 1.67. The molecular formula is C12H16BrNO3S. The van der Waals surface area contributed by atoms with Crippen LogP contribution < -0.4 is 4.74 Å². The maximum absolute atomic E-state index is 11.6. The lowest BCUT2D eigenvalue weighted by Gasteiger charge is -2.15. The minimum absolute atomic E-state index is 0.0724. The molecule has 18 heavy (non-hydrogen) atoms. The first-order valence-electron chi connectivity index (χ1n) is 5.32. The molecule has 0 bridgehead atoms. The van der Waals surface area contributed by atoms with E-state index in [1.165, 1.54) is 4.31 Å². The van der Waals surface area contributed by atoms with Gasteiger partial charge >= 0.3 is 0 Å². The van der Waals surface area contributed by atoms with Crippen LogP contribution in [0.25, 0.3) is 0 Å². The third kappa shape index (κ3) is 4.44. The van der Waals surface area contributed by atoms with Crippen molar-refractivity contribution < 1.29 is 13.2 Å². The minimum atomic E-state index is -3.22. The second kappa shape index (κ2) is 6.92. The number of nitrogens with zero attached hydrogens (tertiary/aromatic N) is 1. The number of sulfonamides is 1. The number of rotatable bonds is 7. The van der Waals surface area contributed by atoms with Gasteiger partial charge in [-0.05, 0) is 17.7 Å². The zero-order valence-electron chi connectivity index (χ0n) is 10.2. The fourth-order valence-electron chi connectivity index (χ4n) is 1.28. The van der Waals surface area contributed by atoms with Crippen molar-refractivity contribution in [2.45, 2.75) is 6.54 Å². The van der Waals surface area contributed by atoms with Gasteiger partial charge in [-0.15, -0.1) is 0 Å². The monoisotopic (exact) mass is 333 g/mol. The molecule has 100 valence electrons. The average Bonchev–Trinajstić information content (AvgIpc) is 2.37. The molecular weight excluding hydrogens is 318 g/mol. The second-order valence-electron chi connectivity index (χ2n) is 3.72. The molecule has 0 aliphatic heterocycles. The molecule has 0 N–H and O–H groups in total. The van der Waals surface area contributed by atoms with Crippen LogP contribution in [0.1, 0.15) is 5.56 Å². The van der Waals surface area contributed by atoms with E-state index in [0.29, 0.717) is 13.2 Å². The number of hydrogen-bond acceptors (Lipinski definition) is 3. The molecule has 0 radical (unpaired) electrons. The van der Waals surface area contributed by atoms with E-state index in [0.717, 1.165) is 11.3 Å². The maximum atomic E-state index is 11.6. The highest BCUT2D eigenvalue weighted by Gasteiger charge is 2.15. The van der Waals surface area contributed by atoms with Gasteiger partial charge in [0.25, 0.3) is 0 Å². The molecule has 1 rings (SSSR count). The van der Waals surface area contributed by atoms with Crippen LogP contribution in [-0.4, -0.2) is 31.0 Å². The van der Waals surface area contributed by atoms with E-state index in [2.05, 4.69) is 22.5 Å². The molecule has 6 heteroatoms. The van der Waals surface area contributed by atoms with E-state index >= 15 is 0 Å². The van der Waals surface area contributed by atoms with E-state index in [-0.39, 0.29) is 4.66 Å². The lowest BCUT2D eigenvalue weighted by atomic mass is 10.2. The zero-order valence-corrected chi connectivity index (χ0v) is 12.6. The molecule has 0 spiro atoms. The van der Waals surface area contributed by atoms with Crippen LogP contribution in [-0.2, 0) is 16.6 Å². The smallest absolute Gasteiger partial charge is 0.224 e. The fourth-order valence-corrected chi connectivity index (χ4v) is 2.85. The van der Waals surface area contributed by atoms with Gasteiger partial charge in [0.1, 0.15) is 17.0 Å². The van der Waals surface area contributed by atoms with Crippen molar-refractivity contribution in [2.24, 2.45) is 0 Å². The predicted molar refractivity (Wildman–Crippen MR) is 76.3 cm³/mol. The van der Waals surface area contributed by atoms with Gasteiger partial charge < -0.3 is 4.74 Å². The number of alkyl halides is 1. The molecule has 1 aromatic carbocycles. The van der Waals surface area contributed by atoms with Gasteiger partial charge in [-0.3, -0.25) is 0 Å². The van der Waals surface area contributed by atoms with Crippen LogP contribution in [0.3, 0.4) is 0 Å². The van der Waals surface area contributed by atoms with Crippen molar-refractivity contribution in [2.75, 3.05) is 18.3 Å². The molecule has 4 nitrogen and oxygen atoms in total. The topological polar surface area (TPSA) is 46.6 Å². The highest BCUT2D eigenvalue weighted by molar-refractivity contribution is 9.10. The van der Waals surface area contributed by atoms with E-state index in [9.17, 15) is 8.42 Å². The summed E-state index contributed by atoms with van der Waals surface area (Å²) in [6.45, 7) is 4.36. The van der Waals surface area contributed by atoms with Crippen LogP contribution in [0.2, 0.25) is 0 Å². The normalized spacial score (nSPS) is 11.5. The first kappa shape index (κ1) is 15.2. The quantitative estimate of drug-likeness (QED) is 0.568. The Bertz CT molecular complexity index is 485. The Balaban J connectivity index is 2.66. The highest BCUT2D eigenvalue weighted by Crippen LogP contribution is 2.15. The molecule has 0 aliphatic rings. The number of benzene rings is 1. The maximum Gasteiger partial charge on any atom is 0.224 e. The number of ether oxygens (including phenoxy) is 1. The molecule has 0 aliphatic carbocycles. The molecule has 0 aromatic heterocycles. The van der Waals surface area contributed by atoms with Gasteiger partial charge in [-0.1, -0.05) is 40.7 Å². The van der Waals surface area contributed by atoms with Crippen molar-refractivity contribution in [3.63, 3.8) is 0 Å². The van der Waals surface area contributed by atoms with Crippen LogP contribution in [0.4, 0.5) is 0 Å². The zero-order chi connectivity index (χ0) is 13.6. The van der Waals surface area contributed by atoms with Gasteiger partial charge in [-0.25, -0.2) is 8.42 Å². The van der Waals surface area contributed by atoms with Crippen molar-refractivity contribution in [3.8, 4) is 5.75 Å². The number of hydrogen-bond donors (Lipinski definition) is 0. The molecule has 0 amide bonds. The van der Waals surface area contributed by atoms with Crippen molar-refractivity contribution in [3.05, 3.63) is 42.5 Å². The first-order valence-corrected chi connectivity index (χ1v) is 8.05. The van der Waals surface area contributed by atoms with Crippen LogP contribution >= 0.6 is 15.9 Å². The molecule has 0 saturated carbocycles. The second-order valence-corrected chi connectivity index (χ2v) is 7.10. The molecule has 0 unspecified atom stereocenters.